The van der Waals surface area contributed by atoms with Gasteiger partial charge >= 0.3 is 5.97 Å². The zero-order valence-electron chi connectivity index (χ0n) is 14.7. The van der Waals surface area contributed by atoms with E-state index in [1.165, 1.54) is 12.1 Å². The summed E-state index contributed by atoms with van der Waals surface area (Å²) in [6, 6.07) is 6.19. The first-order valence-corrected chi connectivity index (χ1v) is 10.5. The lowest BCUT2D eigenvalue weighted by Crippen LogP contribution is -2.26. The van der Waals surface area contributed by atoms with E-state index in [4.69, 9.17) is 5.11 Å². The van der Waals surface area contributed by atoms with Crippen molar-refractivity contribution in [3.8, 4) is 0 Å². The Balaban J connectivity index is 1.76. The van der Waals surface area contributed by atoms with Crippen molar-refractivity contribution < 1.29 is 23.1 Å². The van der Waals surface area contributed by atoms with E-state index in [0.29, 0.717) is 12.2 Å². The van der Waals surface area contributed by atoms with Crippen LogP contribution >= 0.6 is 0 Å². The monoisotopic (exact) mass is 389 g/mol. The number of rotatable bonds is 3. The van der Waals surface area contributed by atoms with Gasteiger partial charge in [-0.05, 0) is 31.0 Å². The van der Waals surface area contributed by atoms with Gasteiger partial charge in [0.2, 0.25) is 5.91 Å². The van der Waals surface area contributed by atoms with E-state index in [9.17, 15) is 18.0 Å². The molecule has 2 aromatic rings. The highest BCUT2D eigenvalue weighted by atomic mass is 32.2. The molecule has 0 bridgehead atoms. The second kappa shape index (κ2) is 6.19. The fraction of sp³-hybridized carbons (Fsp3) is 0.389. The van der Waals surface area contributed by atoms with E-state index in [-0.39, 0.29) is 41.4 Å². The Hall–Kier alpha value is -2.68. The Bertz CT molecular complexity index is 1040. The Morgan fingerprint density at radius 3 is 2.59 bits per heavy atom. The molecule has 0 aliphatic carbocycles. The van der Waals surface area contributed by atoms with Crippen molar-refractivity contribution in [2.24, 2.45) is 0 Å². The summed E-state index contributed by atoms with van der Waals surface area (Å²) in [6.45, 7) is 1.84. The summed E-state index contributed by atoms with van der Waals surface area (Å²) in [5.74, 6) is -0.721. The van der Waals surface area contributed by atoms with Crippen LogP contribution in [0.15, 0.2) is 24.3 Å². The van der Waals surface area contributed by atoms with Crippen LogP contribution in [0.3, 0.4) is 0 Å². The molecule has 0 saturated carbocycles. The fourth-order valence-corrected chi connectivity index (χ4v) is 5.64. The molecule has 3 heterocycles. The highest BCUT2D eigenvalue weighted by Crippen LogP contribution is 2.41. The van der Waals surface area contributed by atoms with Crippen LogP contribution in [-0.2, 0) is 14.6 Å². The highest BCUT2D eigenvalue weighted by molar-refractivity contribution is 7.91. The molecule has 0 radical (unpaired) electrons. The maximum Gasteiger partial charge on any atom is 0.335 e. The van der Waals surface area contributed by atoms with E-state index < -0.39 is 15.8 Å². The average Bonchev–Trinajstić information content (AvgIpc) is 3.13. The minimum Gasteiger partial charge on any atom is -0.478 e. The van der Waals surface area contributed by atoms with Gasteiger partial charge < -0.3 is 10.4 Å². The van der Waals surface area contributed by atoms with Gasteiger partial charge in [0.25, 0.3) is 0 Å². The topological polar surface area (TPSA) is 118 Å². The normalized spacial score (nSPS) is 23.7. The number of carboxylic acids is 1. The Morgan fingerprint density at radius 1 is 1.30 bits per heavy atom. The van der Waals surface area contributed by atoms with Gasteiger partial charge in [-0.1, -0.05) is 12.1 Å². The van der Waals surface area contributed by atoms with Gasteiger partial charge in [-0.3, -0.25) is 4.79 Å². The van der Waals surface area contributed by atoms with E-state index in [1.54, 1.807) is 16.8 Å². The standard InChI is InChI=1S/C18H19N3O5S/c1-10-16-14(11-2-4-12(5-3-11)18(23)24)8-15(22)19-17(16)21(20-10)13-6-7-27(25,26)9-13/h2-5,13-14H,6-9H2,1H3,(H,19,22)(H,23,24)/t13-,14+/m1/s1. The van der Waals surface area contributed by atoms with E-state index in [1.807, 2.05) is 6.92 Å². The lowest BCUT2D eigenvalue weighted by atomic mass is 9.85. The molecule has 1 aromatic heterocycles. The van der Waals surface area contributed by atoms with E-state index >= 15 is 0 Å². The third-order valence-corrected chi connectivity index (χ3v) is 6.99. The molecule has 2 aliphatic rings. The SMILES string of the molecule is Cc1nn([C@@H]2CCS(=O)(=O)C2)c2c1[C@H](c1ccc(C(=O)O)cc1)CC(=O)N2. The van der Waals surface area contributed by atoms with Gasteiger partial charge in [0.05, 0.1) is 28.8 Å². The number of aromatic carboxylic acids is 1. The summed E-state index contributed by atoms with van der Waals surface area (Å²) in [5, 5.41) is 16.5. The van der Waals surface area contributed by atoms with Gasteiger partial charge in [0.1, 0.15) is 5.82 Å². The minimum atomic E-state index is -3.08. The Morgan fingerprint density at radius 2 is 2.00 bits per heavy atom. The molecule has 1 fully saturated rings. The number of sulfone groups is 1. The molecule has 8 nitrogen and oxygen atoms in total. The number of anilines is 1. The third-order valence-electron chi connectivity index (χ3n) is 5.24. The maximum absolute atomic E-state index is 12.3. The number of carbonyl (C=O) groups is 2. The third kappa shape index (κ3) is 3.12. The second-order valence-electron chi connectivity index (χ2n) is 7.08. The molecule has 1 amide bonds. The number of nitrogens with one attached hydrogen (secondary N) is 1. The number of hydrogen-bond acceptors (Lipinski definition) is 5. The fourth-order valence-electron chi connectivity index (χ4n) is 3.95. The minimum absolute atomic E-state index is 0.0222. The molecule has 1 aromatic carbocycles. The van der Waals surface area contributed by atoms with Crippen molar-refractivity contribution in [3.63, 3.8) is 0 Å². The lowest BCUT2D eigenvalue weighted by Gasteiger charge is -2.25. The molecular formula is C18H19N3O5S. The lowest BCUT2D eigenvalue weighted by molar-refractivity contribution is -0.116. The number of hydrogen-bond donors (Lipinski definition) is 2. The molecule has 142 valence electrons. The van der Waals surface area contributed by atoms with Gasteiger partial charge in [-0.15, -0.1) is 0 Å². The molecule has 0 unspecified atom stereocenters. The number of aryl methyl sites for hydroxylation is 1. The molecule has 2 N–H and O–H groups in total. The summed E-state index contributed by atoms with van der Waals surface area (Å²) in [7, 11) is -3.08. The first-order valence-electron chi connectivity index (χ1n) is 8.67. The van der Waals surface area contributed by atoms with Crippen LogP contribution in [0.2, 0.25) is 0 Å². The Kier molecular flexibility index (Phi) is 4.06. The maximum atomic E-state index is 12.3. The van der Waals surface area contributed by atoms with Crippen LogP contribution < -0.4 is 5.32 Å². The van der Waals surface area contributed by atoms with Crippen LogP contribution in [0, 0.1) is 6.92 Å². The molecule has 2 atom stereocenters. The zero-order chi connectivity index (χ0) is 19.3. The number of carboxylic acid groups (broad SMARTS) is 1. The van der Waals surface area contributed by atoms with E-state index in [2.05, 4.69) is 10.4 Å². The largest absolute Gasteiger partial charge is 0.478 e. The molecule has 1 saturated heterocycles. The first-order chi connectivity index (χ1) is 12.7. The Labute approximate surface area is 156 Å². The molecule has 27 heavy (non-hydrogen) atoms. The molecular weight excluding hydrogens is 370 g/mol. The number of fused-ring (bicyclic) bond motifs is 1. The van der Waals surface area contributed by atoms with Crippen molar-refractivity contribution in [1.82, 2.24) is 9.78 Å². The predicted octanol–water partition coefficient (Wildman–Crippen LogP) is 1.72. The second-order valence-corrected chi connectivity index (χ2v) is 9.31. The van der Waals surface area contributed by atoms with Gasteiger partial charge in [-0.25, -0.2) is 17.9 Å². The van der Waals surface area contributed by atoms with Crippen LogP contribution in [0.4, 0.5) is 5.82 Å². The average molecular weight is 389 g/mol. The zero-order valence-corrected chi connectivity index (χ0v) is 15.5. The van der Waals surface area contributed by atoms with Crippen LogP contribution in [-0.4, -0.2) is 46.7 Å². The smallest absolute Gasteiger partial charge is 0.335 e. The number of amides is 1. The number of carbonyl (C=O) groups excluding carboxylic acids is 1. The van der Waals surface area contributed by atoms with Gasteiger partial charge in [-0.2, -0.15) is 5.10 Å². The van der Waals surface area contributed by atoms with Crippen LogP contribution in [0.5, 0.6) is 0 Å². The molecule has 2 aliphatic heterocycles. The number of benzene rings is 1. The molecule has 4 rings (SSSR count). The molecule has 9 heteroatoms. The summed E-state index contributed by atoms with van der Waals surface area (Å²) in [4.78, 5) is 23.4. The number of nitrogens with zero attached hydrogens (tertiary/aromatic N) is 2. The summed E-state index contributed by atoms with van der Waals surface area (Å²) >= 11 is 0. The van der Waals surface area contributed by atoms with Crippen LogP contribution in [0.25, 0.3) is 0 Å². The summed E-state index contributed by atoms with van der Waals surface area (Å²) in [6.07, 6.45) is 0.707. The van der Waals surface area contributed by atoms with Gasteiger partial charge in [0.15, 0.2) is 9.84 Å². The van der Waals surface area contributed by atoms with Crippen molar-refractivity contribution in [2.75, 3.05) is 16.8 Å². The quantitative estimate of drug-likeness (QED) is 0.825. The van der Waals surface area contributed by atoms with Crippen LogP contribution in [0.1, 0.15) is 52.0 Å². The van der Waals surface area contributed by atoms with Crippen molar-refractivity contribution >= 4 is 27.5 Å². The first kappa shape index (κ1) is 17.7. The van der Waals surface area contributed by atoms with Gasteiger partial charge in [0, 0.05) is 17.9 Å². The molecule has 0 spiro atoms. The van der Waals surface area contributed by atoms with E-state index in [0.717, 1.165) is 16.8 Å². The highest BCUT2D eigenvalue weighted by Gasteiger charge is 2.37. The predicted molar refractivity (Wildman–Crippen MR) is 97.8 cm³/mol. The summed E-state index contributed by atoms with van der Waals surface area (Å²) < 4.78 is 25.3. The van der Waals surface area contributed by atoms with Crippen molar-refractivity contribution in [1.29, 1.82) is 0 Å². The van der Waals surface area contributed by atoms with Crippen molar-refractivity contribution in [3.05, 3.63) is 46.6 Å². The summed E-state index contributed by atoms with van der Waals surface area (Å²) in [5.41, 5.74) is 2.61. The number of aromatic nitrogens is 2. The van der Waals surface area contributed by atoms with Crippen molar-refractivity contribution in [2.45, 2.75) is 31.7 Å².